The first-order valence-corrected chi connectivity index (χ1v) is 8.56. The maximum atomic E-state index is 13.2. The van der Waals surface area contributed by atoms with Crippen LogP contribution in [0.3, 0.4) is 0 Å². The Morgan fingerprint density at radius 1 is 1.25 bits per heavy atom. The fourth-order valence-corrected chi connectivity index (χ4v) is 3.64. The normalized spacial score (nSPS) is 16.2. The summed E-state index contributed by atoms with van der Waals surface area (Å²) < 4.78 is 6.14. The Bertz CT molecular complexity index is 905. The highest BCUT2D eigenvalue weighted by Crippen LogP contribution is 2.36. The van der Waals surface area contributed by atoms with Gasteiger partial charge < -0.3 is 9.42 Å². The van der Waals surface area contributed by atoms with Crippen molar-refractivity contribution in [1.82, 2.24) is 5.16 Å². The Balaban J connectivity index is 1.75. The molecule has 0 N–H and O–H groups in total. The lowest BCUT2D eigenvalue weighted by atomic mass is 10.1. The van der Waals surface area contributed by atoms with E-state index in [1.54, 1.807) is 0 Å². The van der Waals surface area contributed by atoms with Gasteiger partial charge in [0.15, 0.2) is 0 Å². The molecule has 3 aromatic rings. The molecule has 2 aromatic carbocycles. The molecular weight excluding hydrogens is 368 g/mol. The van der Waals surface area contributed by atoms with Gasteiger partial charge in [0.2, 0.25) is 0 Å². The molecule has 1 atom stereocenters. The summed E-state index contributed by atoms with van der Waals surface area (Å²) in [6, 6.07) is 15.7. The van der Waals surface area contributed by atoms with Crippen molar-refractivity contribution in [3.8, 4) is 11.3 Å². The molecule has 4 rings (SSSR count). The van der Waals surface area contributed by atoms with Gasteiger partial charge in [0.1, 0.15) is 17.5 Å². The van der Waals surface area contributed by atoms with Gasteiger partial charge in [0.05, 0.1) is 0 Å². The van der Waals surface area contributed by atoms with Gasteiger partial charge in [-0.25, -0.2) is 0 Å². The second-order valence-electron chi connectivity index (χ2n) is 5.94. The van der Waals surface area contributed by atoms with Crippen LogP contribution in [0, 0.1) is 0 Å². The quantitative estimate of drug-likeness (QED) is 0.645. The van der Waals surface area contributed by atoms with E-state index in [1.165, 1.54) is 11.8 Å². The second-order valence-corrected chi connectivity index (χ2v) is 6.86. The van der Waals surface area contributed by atoms with E-state index < -0.39 is 0 Å². The monoisotopic (exact) mass is 382 g/mol. The minimum atomic E-state index is -0.0799. The number of hydrogen-bond acceptors (Lipinski definition) is 3. The number of benzene rings is 2. The summed E-state index contributed by atoms with van der Waals surface area (Å²) in [4.78, 5) is 15.0. The van der Waals surface area contributed by atoms with Gasteiger partial charge in [-0.05, 0) is 37.1 Å². The third-order valence-electron chi connectivity index (χ3n) is 4.32. The lowest BCUT2D eigenvalue weighted by Crippen LogP contribution is -2.35. The molecule has 1 aliphatic heterocycles. The number of nitrogens with zero attached hydrogens (tertiary/aromatic N) is 2. The van der Waals surface area contributed by atoms with Crippen LogP contribution in [-0.2, 0) is 6.42 Å². The molecule has 120 valence electrons. The molecule has 0 bridgehead atoms. The van der Waals surface area contributed by atoms with Crippen molar-refractivity contribution in [3.05, 3.63) is 70.4 Å². The Morgan fingerprint density at radius 2 is 2.04 bits per heavy atom. The highest BCUT2D eigenvalue weighted by molar-refractivity contribution is 9.10. The number of anilines is 1. The molecule has 0 saturated carbocycles. The maximum absolute atomic E-state index is 13.2. The van der Waals surface area contributed by atoms with Crippen LogP contribution < -0.4 is 4.90 Å². The molecule has 1 amide bonds. The lowest BCUT2D eigenvalue weighted by molar-refractivity contribution is 0.0981. The molecule has 1 aliphatic rings. The first-order valence-electron chi connectivity index (χ1n) is 7.77. The summed E-state index contributed by atoms with van der Waals surface area (Å²) in [6.45, 7) is 2.06. The van der Waals surface area contributed by atoms with E-state index in [2.05, 4.69) is 34.1 Å². The fraction of sp³-hybridized carbons (Fsp3) is 0.158. The molecule has 0 unspecified atom stereocenters. The molecule has 0 spiro atoms. The van der Waals surface area contributed by atoms with Crippen molar-refractivity contribution in [3.63, 3.8) is 0 Å². The Hall–Kier alpha value is -2.40. The van der Waals surface area contributed by atoms with Crippen molar-refractivity contribution in [2.45, 2.75) is 19.4 Å². The smallest absolute Gasteiger partial charge is 0.264 e. The zero-order valence-electron chi connectivity index (χ0n) is 13.1. The standard InChI is InChI=1S/C19H15BrN2O2/c1-12-9-14-10-15(20)7-8-17(14)22(12)19(23)16-11-24-21-18(16)13-5-3-2-4-6-13/h2-8,10-12H,9H2,1H3/t12-/m0/s1. The molecule has 2 heterocycles. The number of rotatable bonds is 2. The van der Waals surface area contributed by atoms with Crippen LogP contribution in [0.5, 0.6) is 0 Å². The van der Waals surface area contributed by atoms with Crippen LogP contribution in [0.1, 0.15) is 22.8 Å². The number of fused-ring (bicyclic) bond motifs is 1. The largest absolute Gasteiger partial charge is 0.363 e. The number of carbonyl (C=O) groups excluding carboxylic acids is 1. The summed E-state index contributed by atoms with van der Waals surface area (Å²) in [5, 5.41) is 4.04. The lowest BCUT2D eigenvalue weighted by Gasteiger charge is -2.22. The number of amides is 1. The minimum Gasteiger partial charge on any atom is -0.363 e. The molecule has 0 radical (unpaired) electrons. The molecule has 24 heavy (non-hydrogen) atoms. The molecule has 1 aromatic heterocycles. The van der Waals surface area contributed by atoms with Gasteiger partial charge in [0.25, 0.3) is 5.91 Å². The average molecular weight is 383 g/mol. The van der Waals surface area contributed by atoms with Crippen LogP contribution in [0.25, 0.3) is 11.3 Å². The Kier molecular flexibility index (Phi) is 3.73. The zero-order chi connectivity index (χ0) is 16.7. The SMILES string of the molecule is C[C@H]1Cc2cc(Br)ccc2N1C(=O)c1conc1-c1ccccc1. The van der Waals surface area contributed by atoms with Crippen LogP contribution >= 0.6 is 15.9 Å². The highest BCUT2D eigenvalue weighted by atomic mass is 79.9. The second kappa shape index (κ2) is 5.91. The molecule has 5 heteroatoms. The van der Waals surface area contributed by atoms with Crippen molar-refractivity contribution in [1.29, 1.82) is 0 Å². The van der Waals surface area contributed by atoms with E-state index in [0.717, 1.165) is 22.1 Å². The third kappa shape index (κ3) is 2.45. The predicted octanol–water partition coefficient (Wildman–Crippen LogP) is 4.70. The van der Waals surface area contributed by atoms with E-state index in [1.807, 2.05) is 47.4 Å². The van der Waals surface area contributed by atoms with Crippen molar-refractivity contribution in [2.75, 3.05) is 4.90 Å². The highest BCUT2D eigenvalue weighted by Gasteiger charge is 2.33. The third-order valence-corrected chi connectivity index (χ3v) is 4.82. The van der Waals surface area contributed by atoms with Gasteiger partial charge in [-0.1, -0.05) is 51.4 Å². The van der Waals surface area contributed by atoms with Crippen molar-refractivity contribution < 1.29 is 9.32 Å². The summed E-state index contributed by atoms with van der Waals surface area (Å²) in [6.07, 6.45) is 2.28. The summed E-state index contributed by atoms with van der Waals surface area (Å²) in [5.74, 6) is -0.0799. The summed E-state index contributed by atoms with van der Waals surface area (Å²) in [5.41, 5.74) is 4.07. The first kappa shape index (κ1) is 15.1. The summed E-state index contributed by atoms with van der Waals surface area (Å²) in [7, 11) is 0. The Labute approximate surface area is 148 Å². The topological polar surface area (TPSA) is 46.3 Å². The number of halogens is 1. The number of carbonyl (C=O) groups is 1. The van der Waals surface area contributed by atoms with Crippen LogP contribution in [0.4, 0.5) is 5.69 Å². The van der Waals surface area contributed by atoms with E-state index in [4.69, 9.17) is 4.52 Å². The molecule has 0 saturated heterocycles. The predicted molar refractivity (Wildman–Crippen MR) is 96.1 cm³/mol. The molecule has 0 aliphatic carbocycles. The number of hydrogen-bond donors (Lipinski definition) is 0. The van der Waals surface area contributed by atoms with Gasteiger partial charge >= 0.3 is 0 Å². The van der Waals surface area contributed by atoms with Gasteiger partial charge in [0, 0.05) is 21.8 Å². The maximum Gasteiger partial charge on any atom is 0.264 e. The van der Waals surface area contributed by atoms with Gasteiger partial charge in [-0.2, -0.15) is 0 Å². The molecular formula is C19H15BrN2O2. The first-order chi connectivity index (χ1) is 11.6. The fourth-order valence-electron chi connectivity index (χ4n) is 3.23. The van der Waals surface area contributed by atoms with Crippen molar-refractivity contribution in [2.24, 2.45) is 0 Å². The summed E-state index contributed by atoms with van der Waals surface area (Å²) >= 11 is 3.49. The molecule has 4 nitrogen and oxygen atoms in total. The average Bonchev–Trinajstić information content (AvgIpc) is 3.18. The van der Waals surface area contributed by atoms with Crippen LogP contribution in [0.2, 0.25) is 0 Å². The van der Waals surface area contributed by atoms with Gasteiger partial charge in [-0.3, -0.25) is 4.79 Å². The Morgan fingerprint density at radius 3 is 2.83 bits per heavy atom. The number of aromatic nitrogens is 1. The minimum absolute atomic E-state index is 0.0799. The molecule has 0 fully saturated rings. The van der Waals surface area contributed by atoms with Crippen LogP contribution in [-0.4, -0.2) is 17.1 Å². The van der Waals surface area contributed by atoms with E-state index in [-0.39, 0.29) is 11.9 Å². The van der Waals surface area contributed by atoms with Gasteiger partial charge in [-0.15, -0.1) is 0 Å². The van der Waals surface area contributed by atoms with E-state index in [0.29, 0.717) is 11.3 Å². The zero-order valence-corrected chi connectivity index (χ0v) is 14.7. The van der Waals surface area contributed by atoms with Crippen molar-refractivity contribution >= 4 is 27.5 Å². The van der Waals surface area contributed by atoms with E-state index >= 15 is 0 Å². The van der Waals surface area contributed by atoms with E-state index in [9.17, 15) is 4.79 Å². The van der Waals surface area contributed by atoms with Crippen LogP contribution in [0.15, 0.2) is 63.8 Å².